The number of aryl methyl sites for hydroxylation is 1. The van der Waals surface area contributed by atoms with Crippen molar-refractivity contribution in [3.63, 3.8) is 0 Å². The van der Waals surface area contributed by atoms with Gasteiger partial charge in [-0.2, -0.15) is 0 Å². The topological polar surface area (TPSA) is 94.6 Å². The number of fused-ring (bicyclic) bond motifs is 2. The second-order valence-corrected chi connectivity index (χ2v) is 5.71. The summed E-state index contributed by atoms with van der Waals surface area (Å²) >= 11 is 0. The van der Waals surface area contributed by atoms with E-state index >= 15 is 0 Å². The van der Waals surface area contributed by atoms with Gasteiger partial charge < -0.3 is 18.9 Å². The average Bonchev–Trinajstić information content (AvgIpc) is 2.99. The number of rotatable bonds is 4. The summed E-state index contributed by atoms with van der Waals surface area (Å²) in [5.74, 6) is 0.679. The first-order valence-corrected chi connectivity index (χ1v) is 7.91. The maximum absolute atomic E-state index is 12.1. The molecule has 7 heteroatoms. The number of amides is 1. The third-order valence-corrected chi connectivity index (χ3v) is 3.74. The number of hydrogen-bond donors (Lipinski definition) is 1. The Labute approximate surface area is 147 Å². The van der Waals surface area contributed by atoms with Gasteiger partial charge in [-0.15, -0.1) is 0 Å². The lowest BCUT2D eigenvalue weighted by Gasteiger charge is -2.08. The molecule has 0 saturated heterocycles. The van der Waals surface area contributed by atoms with E-state index in [9.17, 15) is 9.59 Å². The van der Waals surface area contributed by atoms with Crippen LogP contribution < -0.4 is 15.7 Å². The largest absolute Gasteiger partial charge is 0.484 e. The number of anilines is 1. The number of nitrogens with one attached hydrogen (secondary N) is 1. The van der Waals surface area contributed by atoms with Crippen LogP contribution in [0.3, 0.4) is 0 Å². The molecule has 0 atom stereocenters. The van der Waals surface area contributed by atoms with Gasteiger partial charge in [-0.25, -0.2) is 9.78 Å². The van der Waals surface area contributed by atoms with Crippen molar-refractivity contribution in [2.75, 3.05) is 11.9 Å². The van der Waals surface area contributed by atoms with Gasteiger partial charge in [-0.3, -0.25) is 4.79 Å². The number of oxazole rings is 1. The van der Waals surface area contributed by atoms with Crippen molar-refractivity contribution < 1.29 is 18.4 Å². The van der Waals surface area contributed by atoms with E-state index in [0.717, 1.165) is 5.39 Å². The minimum absolute atomic E-state index is 0.182. The molecule has 2 heterocycles. The average molecular weight is 350 g/mol. The highest BCUT2D eigenvalue weighted by Crippen LogP contribution is 2.21. The number of hydrogen-bond acceptors (Lipinski definition) is 6. The summed E-state index contributed by atoms with van der Waals surface area (Å²) in [5, 5.41) is 3.52. The van der Waals surface area contributed by atoms with E-state index in [1.165, 1.54) is 6.07 Å². The Hall–Kier alpha value is -3.61. The van der Waals surface area contributed by atoms with Crippen LogP contribution in [0.15, 0.2) is 62.2 Å². The fourth-order valence-electron chi connectivity index (χ4n) is 2.60. The van der Waals surface area contributed by atoms with Crippen molar-refractivity contribution >= 4 is 33.7 Å². The molecular weight excluding hydrogens is 336 g/mol. The molecule has 0 spiro atoms. The van der Waals surface area contributed by atoms with Crippen LogP contribution >= 0.6 is 0 Å². The van der Waals surface area contributed by atoms with Crippen molar-refractivity contribution in [3.8, 4) is 5.75 Å². The molecule has 4 aromatic rings. The molecule has 0 saturated carbocycles. The van der Waals surface area contributed by atoms with Crippen molar-refractivity contribution in [1.29, 1.82) is 0 Å². The Morgan fingerprint density at radius 3 is 2.81 bits per heavy atom. The van der Waals surface area contributed by atoms with Gasteiger partial charge in [0.25, 0.3) is 5.91 Å². The fraction of sp³-hybridized carbons (Fsp3) is 0.105. The van der Waals surface area contributed by atoms with E-state index in [0.29, 0.717) is 34.0 Å². The molecular formula is C19H14N2O5. The van der Waals surface area contributed by atoms with Gasteiger partial charge >= 0.3 is 5.63 Å². The summed E-state index contributed by atoms with van der Waals surface area (Å²) in [4.78, 5) is 27.6. The molecule has 1 amide bonds. The van der Waals surface area contributed by atoms with Crippen LogP contribution in [0.25, 0.3) is 22.1 Å². The maximum atomic E-state index is 12.1. The molecule has 0 aliphatic carbocycles. The van der Waals surface area contributed by atoms with Crippen LogP contribution in [0.1, 0.15) is 5.89 Å². The van der Waals surface area contributed by atoms with Crippen LogP contribution in [0.5, 0.6) is 5.75 Å². The lowest BCUT2D eigenvalue weighted by Crippen LogP contribution is -2.20. The molecule has 0 bridgehead atoms. The zero-order valence-corrected chi connectivity index (χ0v) is 13.8. The van der Waals surface area contributed by atoms with E-state index in [1.807, 2.05) is 0 Å². The van der Waals surface area contributed by atoms with Crippen LogP contribution in [0.4, 0.5) is 5.69 Å². The standard InChI is InChI=1S/C19H14N2O5/c1-11-20-15-8-13(4-6-16(15)25-11)21-18(22)10-24-14-5-2-12-3-7-19(23)26-17(12)9-14/h2-9H,10H2,1H3,(H,21,22). The first-order chi connectivity index (χ1) is 12.6. The van der Waals surface area contributed by atoms with Crippen LogP contribution in [0, 0.1) is 6.92 Å². The number of carbonyl (C=O) groups excluding carboxylic acids is 1. The van der Waals surface area contributed by atoms with Crippen molar-refractivity contribution in [2.45, 2.75) is 6.92 Å². The second-order valence-electron chi connectivity index (χ2n) is 5.71. The summed E-state index contributed by atoms with van der Waals surface area (Å²) in [5.41, 5.74) is 1.90. The highest BCUT2D eigenvalue weighted by molar-refractivity contribution is 5.93. The summed E-state index contributed by atoms with van der Waals surface area (Å²) in [6, 6.07) is 13.3. The normalized spacial score (nSPS) is 11.0. The molecule has 2 aromatic heterocycles. The van der Waals surface area contributed by atoms with Gasteiger partial charge in [0.15, 0.2) is 18.1 Å². The number of benzene rings is 2. The van der Waals surface area contributed by atoms with Gasteiger partial charge in [-0.05, 0) is 36.4 Å². The molecule has 0 unspecified atom stereocenters. The summed E-state index contributed by atoms with van der Waals surface area (Å²) in [6.45, 7) is 1.58. The second kappa shape index (κ2) is 6.36. The predicted octanol–water partition coefficient (Wildman–Crippen LogP) is 3.26. The van der Waals surface area contributed by atoms with Crippen molar-refractivity contribution in [3.05, 3.63) is 64.8 Å². The summed E-state index contributed by atoms with van der Waals surface area (Å²) in [6.07, 6.45) is 0. The smallest absolute Gasteiger partial charge is 0.336 e. The van der Waals surface area contributed by atoms with E-state index in [2.05, 4.69) is 10.3 Å². The van der Waals surface area contributed by atoms with E-state index in [4.69, 9.17) is 13.6 Å². The van der Waals surface area contributed by atoms with E-state index in [-0.39, 0.29) is 12.5 Å². The van der Waals surface area contributed by atoms with Gasteiger partial charge in [-0.1, -0.05) is 0 Å². The molecule has 4 rings (SSSR count). The lowest BCUT2D eigenvalue weighted by atomic mass is 10.2. The Bertz CT molecular complexity index is 1180. The van der Waals surface area contributed by atoms with Gasteiger partial charge in [0.05, 0.1) is 0 Å². The first-order valence-electron chi connectivity index (χ1n) is 7.91. The Morgan fingerprint density at radius 2 is 1.92 bits per heavy atom. The zero-order chi connectivity index (χ0) is 18.1. The zero-order valence-electron chi connectivity index (χ0n) is 13.8. The number of ether oxygens (including phenoxy) is 1. The maximum Gasteiger partial charge on any atom is 0.336 e. The Morgan fingerprint density at radius 1 is 1.08 bits per heavy atom. The first kappa shape index (κ1) is 15.9. The summed E-state index contributed by atoms with van der Waals surface area (Å²) in [7, 11) is 0. The van der Waals surface area contributed by atoms with Crippen molar-refractivity contribution in [1.82, 2.24) is 4.98 Å². The van der Waals surface area contributed by atoms with Crippen LogP contribution in [-0.2, 0) is 4.79 Å². The molecule has 7 nitrogen and oxygen atoms in total. The lowest BCUT2D eigenvalue weighted by molar-refractivity contribution is -0.118. The summed E-state index contributed by atoms with van der Waals surface area (Å²) < 4.78 is 16.0. The van der Waals surface area contributed by atoms with Crippen molar-refractivity contribution in [2.24, 2.45) is 0 Å². The molecule has 0 aliphatic rings. The molecule has 1 N–H and O–H groups in total. The minimum atomic E-state index is -0.439. The molecule has 2 aromatic carbocycles. The molecule has 0 aliphatic heterocycles. The molecule has 0 fully saturated rings. The number of aromatic nitrogens is 1. The van der Waals surface area contributed by atoms with Gasteiger partial charge in [0, 0.05) is 30.1 Å². The molecule has 130 valence electrons. The number of nitrogens with zero attached hydrogens (tertiary/aromatic N) is 1. The Kier molecular flexibility index (Phi) is 3.89. The monoisotopic (exact) mass is 350 g/mol. The molecule has 0 radical (unpaired) electrons. The van der Waals surface area contributed by atoms with E-state index < -0.39 is 5.63 Å². The van der Waals surface area contributed by atoms with Gasteiger partial charge in [0.2, 0.25) is 0 Å². The number of carbonyl (C=O) groups is 1. The van der Waals surface area contributed by atoms with Crippen LogP contribution in [-0.4, -0.2) is 17.5 Å². The van der Waals surface area contributed by atoms with E-state index in [1.54, 1.807) is 49.4 Å². The SMILES string of the molecule is Cc1nc2cc(NC(=O)COc3ccc4ccc(=O)oc4c3)ccc2o1. The highest BCUT2D eigenvalue weighted by Gasteiger charge is 2.08. The fourth-order valence-corrected chi connectivity index (χ4v) is 2.60. The molecule has 26 heavy (non-hydrogen) atoms. The third kappa shape index (κ3) is 3.27. The predicted molar refractivity (Wildman–Crippen MR) is 95.4 cm³/mol. The van der Waals surface area contributed by atoms with Crippen LogP contribution in [0.2, 0.25) is 0 Å². The highest BCUT2D eigenvalue weighted by atomic mass is 16.5. The Balaban J connectivity index is 1.43. The minimum Gasteiger partial charge on any atom is -0.484 e. The quantitative estimate of drug-likeness (QED) is 0.568. The third-order valence-electron chi connectivity index (χ3n) is 3.74. The van der Waals surface area contributed by atoms with Gasteiger partial charge in [0.1, 0.15) is 16.8 Å².